The number of carboxylic acid groups (broad SMARTS) is 1. The molecular weight excluding hydrogens is 397 g/mol. The molecule has 0 spiro atoms. The molecule has 3 aromatic rings. The predicted molar refractivity (Wildman–Crippen MR) is 103 cm³/mol. The minimum Gasteiger partial charge on any atom is -0.480 e. The molecule has 0 bridgehead atoms. The molecule has 0 radical (unpaired) electrons. The van der Waals surface area contributed by atoms with Crippen LogP contribution in [0.25, 0.3) is 10.8 Å². The number of anilines is 1. The number of aliphatic carboxylic acids is 1. The Labute approximate surface area is 160 Å². The van der Waals surface area contributed by atoms with Gasteiger partial charge in [-0.1, -0.05) is 59.6 Å². The van der Waals surface area contributed by atoms with Gasteiger partial charge in [-0.3, -0.25) is 9.10 Å². The van der Waals surface area contributed by atoms with Crippen molar-refractivity contribution < 1.29 is 18.3 Å². The Morgan fingerprint density at radius 1 is 0.962 bits per heavy atom. The molecule has 0 fully saturated rings. The fourth-order valence-corrected chi connectivity index (χ4v) is 4.44. The average Bonchev–Trinajstić information content (AvgIpc) is 2.61. The van der Waals surface area contributed by atoms with Gasteiger partial charge >= 0.3 is 5.97 Å². The number of rotatable bonds is 5. The third kappa shape index (κ3) is 3.49. The van der Waals surface area contributed by atoms with Crippen molar-refractivity contribution in [3.63, 3.8) is 0 Å². The summed E-state index contributed by atoms with van der Waals surface area (Å²) in [5, 5.41) is 11.0. The van der Waals surface area contributed by atoms with E-state index in [9.17, 15) is 18.3 Å². The van der Waals surface area contributed by atoms with Crippen LogP contribution in [-0.2, 0) is 14.8 Å². The zero-order valence-electron chi connectivity index (χ0n) is 13.3. The molecule has 3 aromatic carbocycles. The number of sulfonamides is 1. The van der Waals surface area contributed by atoms with E-state index in [1.807, 2.05) is 18.2 Å². The van der Waals surface area contributed by atoms with E-state index in [2.05, 4.69) is 0 Å². The van der Waals surface area contributed by atoms with Crippen molar-refractivity contribution in [2.45, 2.75) is 4.90 Å². The summed E-state index contributed by atoms with van der Waals surface area (Å²) in [7, 11) is -4.17. The van der Waals surface area contributed by atoms with Crippen molar-refractivity contribution in [2.24, 2.45) is 0 Å². The number of carbonyl (C=O) groups is 1. The Morgan fingerprint density at radius 3 is 2.35 bits per heavy atom. The van der Waals surface area contributed by atoms with E-state index in [4.69, 9.17) is 23.2 Å². The minimum atomic E-state index is -4.17. The highest BCUT2D eigenvalue weighted by atomic mass is 35.5. The number of hydrogen-bond acceptors (Lipinski definition) is 3. The monoisotopic (exact) mass is 409 g/mol. The second kappa shape index (κ2) is 7.15. The number of carboxylic acids is 1. The van der Waals surface area contributed by atoms with Crippen LogP contribution in [0.3, 0.4) is 0 Å². The summed E-state index contributed by atoms with van der Waals surface area (Å²) in [6, 6.07) is 16.1. The van der Waals surface area contributed by atoms with Crippen molar-refractivity contribution in [2.75, 3.05) is 10.8 Å². The summed E-state index contributed by atoms with van der Waals surface area (Å²) in [5.41, 5.74) is 0.275. The summed E-state index contributed by atoms with van der Waals surface area (Å²) in [4.78, 5) is 11.2. The van der Waals surface area contributed by atoms with E-state index >= 15 is 0 Å². The number of benzene rings is 3. The fraction of sp³-hybridized carbons (Fsp3) is 0.0556. The maximum atomic E-state index is 13.1. The molecule has 134 valence electrons. The van der Waals surface area contributed by atoms with Crippen LogP contribution in [0, 0.1) is 0 Å². The van der Waals surface area contributed by atoms with E-state index in [1.54, 1.807) is 24.3 Å². The Bertz CT molecular complexity index is 1090. The first kappa shape index (κ1) is 18.5. The molecule has 1 N–H and O–H groups in total. The van der Waals surface area contributed by atoms with Crippen LogP contribution in [0.1, 0.15) is 0 Å². The van der Waals surface area contributed by atoms with Crippen molar-refractivity contribution in [1.29, 1.82) is 0 Å². The van der Waals surface area contributed by atoms with Gasteiger partial charge in [0.2, 0.25) is 0 Å². The molecule has 5 nitrogen and oxygen atoms in total. The van der Waals surface area contributed by atoms with Crippen molar-refractivity contribution in [3.8, 4) is 0 Å². The first-order valence-electron chi connectivity index (χ1n) is 7.48. The molecule has 0 heterocycles. The van der Waals surface area contributed by atoms with Gasteiger partial charge in [0.05, 0.1) is 20.6 Å². The van der Waals surface area contributed by atoms with E-state index in [1.165, 1.54) is 18.2 Å². The van der Waals surface area contributed by atoms with Crippen LogP contribution in [-0.4, -0.2) is 26.0 Å². The second-order valence-electron chi connectivity index (χ2n) is 5.48. The smallest absolute Gasteiger partial charge is 0.324 e. The molecule has 0 aliphatic heterocycles. The maximum absolute atomic E-state index is 13.1. The molecule has 0 aromatic heterocycles. The summed E-state index contributed by atoms with van der Waals surface area (Å²) in [6.45, 7) is -0.726. The van der Waals surface area contributed by atoms with Crippen LogP contribution < -0.4 is 4.31 Å². The average molecular weight is 410 g/mol. The topological polar surface area (TPSA) is 74.7 Å². The second-order valence-corrected chi connectivity index (χ2v) is 8.16. The molecule has 26 heavy (non-hydrogen) atoms. The lowest BCUT2D eigenvalue weighted by Crippen LogP contribution is -2.35. The summed E-state index contributed by atoms with van der Waals surface area (Å²) < 4.78 is 27.1. The Balaban J connectivity index is 2.22. The minimum absolute atomic E-state index is 0.0703. The highest BCUT2D eigenvalue weighted by Crippen LogP contribution is 2.32. The lowest BCUT2D eigenvalue weighted by molar-refractivity contribution is -0.135. The van der Waals surface area contributed by atoms with Crippen LogP contribution in [0.5, 0.6) is 0 Å². The van der Waals surface area contributed by atoms with E-state index in [0.717, 1.165) is 9.69 Å². The molecule has 0 aliphatic rings. The van der Waals surface area contributed by atoms with Crippen LogP contribution >= 0.6 is 23.2 Å². The van der Waals surface area contributed by atoms with Crippen molar-refractivity contribution >= 4 is 55.7 Å². The SMILES string of the molecule is O=C(O)CN(c1cccc2ccccc12)S(=O)(=O)c1ccc(Cl)c(Cl)c1. The first-order valence-corrected chi connectivity index (χ1v) is 9.67. The van der Waals surface area contributed by atoms with E-state index in [-0.39, 0.29) is 20.6 Å². The van der Waals surface area contributed by atoms with Gasteiger partial charge in [0, 0.05) is 5.39 Å². The van der Waals surface area contributed by atoms with E-state index < -0.39 is 22.5 Å². The quantitative estimate of drug-likeness (QED) is 0.676. The van der Waals surface area contributed by atoms with Gasteiger partial charge in [-0.15, -0.1) is 0 Å². The summed E-state index contributed by atoms with van der Waals surface area (Å²) in [5.74, 6) is -1.28. The predicted octanol–water partition coefficient (Wildman–Crippen LogP) is 4.43. The lowest BCUT2D eigenvalue weighted by atomic mass is 10.1. The normalized spacial score (nSPS) is 11.5. The number of fused-ring (bicyclic) bond motifs is 1. The zero-order chi connectivity index (χ0) is 18.9. The van der Waals surface area contributed by atoms with Crippen molar-refractivity contribution in [1.82, 2.24) is 0 Å². The highest BCUT2D eigenvalue weighted by molar-refractivity contribution is 7.92. The third-order valence-corrected chi connectivity index (χ3v) is 6.29. The molecule has 0 saturated heterocycles. The molecule has 0 unspecified atom stereocenters. The largest absolute Gasteiger partial charge is 0.480 e. The van der Waals surface area contributed by atoms with E-state index in [0.29, 0.717) is 5.39 Å². The van der Waals surface area contributed by atoms with Gasteiger partial charge in [0.25, 0.3) is 10.0 Å². The maximum Gasteiger partial charge on any atom is 0.324 e. The Morgan fingerprint density at radius 2 is 1.65 bits per heavy atom. The number of nitrogens with zero attached hydrogens (tertiary/aromatic N) is 1. The van der Waals surface area contributed by atoms with Gasteiger partial charge < -0.3 is 5.11 Å². The third-order valence-electron chi connectivity index (χ3n) is 3.79. The molecule has 0 atom stereocenters. The number of halogens is 2. The Kier molecular flexibility index (Phi) is 5.09. The molecule has 8 heteroatoms. The van der Waals surface area contributed by atoms with Crippen LogP contribution in [0.2, 0.25) is 10.0 Å². The van der Waals surface area contributed by atoms with Crippen LogP contribution in [0.4, 0.5) is 5.69 Å². The Hall–Kier alpha value is -2.28. The summed E-state index contributed by atoms with van der Waals surface area (Å²) in [6.07, 6.45) is 0. The standard InChI is InChI=1S/C18H13Cl2NO4S/c19-15-9-8-13(10-16(15)20)26(24,25)21(11-18(22)23)17-7-3-5-12-4-1-2-6-14(12)17/h1-10H,11H2,(H,22,23). The summed E-state index contributed by atoms with van der Waals surface area (Å²) >= 11 is 11.8. The van der Waals surface area contributed by atoms with Gasteiger partial charge in [0.15, 0.2) is 0 Å². The molecule has 0 amide bonds. The van der Waals surface area contributed by atoms with Gasteiger partial charge in [-0.05, 0) is 29.7 Å². The van der Waals surface area contributed by atoms with Crippen molar-refractivity contribution in [3.05, 3.63) is 70.7 Å². The lowest BCUT2D eigenvalue weighted by Gasteiger charge is -2.24. The first-order chi connectivity index (χ1) is 12.3. The van der Waals surface area contributed by atoms with Gasteiger partial charge in [-0.25, -0.2) is 8.42 Å². The van der Waals surface area contributed by atoms with Gasteiger partial charge in [-0.2, -0.15) is 0 Å². The van der Waals surface area contributed by atoms with Crippen LogP contribution in [0.15, 0.2) is 65.6 Å². The van der Waals surface area contributed by atoms with Gasteiger partial charge in [0.1, 0.15) is 6.54 Å². The zero-order valence-corrected chi connectivity index (χ0v) is 15.6. The molecule has 0 saturated carbocycles. The fourth-order valence-electron chi connectivity index (χ4n) is 2.61. The highest BCUT2D eigenvalue weighted by Gasteiger charge is 2.28. The molecular formula is C18H13Cl2NO4S. The number of hydrogen-bond donors (Lipinski definition) is 1. The molecule has 0 aliphatic carbocycles. The molecule has 3 rings (SSSR count).